The van der Waals surface area contributed by atoms with Gasteiger partial charge >= 0.3 is 0 Å². The number of carbonyl (C=O) groups excluding carboxylic acids is 1. The molecule has 0 atom stereocenters. The van der Waals surface area contributed by atoms with E-state index < -0.39 is 0 Å². The maximum Gasteiger partial charge on any atom is 0.227 e. The van der Waals surface area contributed by atoms with Gasteiger partial charge in [-0.1, -0.05) is 0 Å². The molecule has 0 radical (unpaired) electrons. The van der Waals surface area contributed by atoms with Crippen LogP contribution in [-0.2, 0) is 11.2 Å². The monoisotopic (exact) mass is 208 g/mol. The van der Waals surface area contributed by atoms with Gasteiger partial charge in [0.05, 0.1) is 11.7 Å². The van der Waals surface area contributed by atoms with Crippen molar-refractivity contribution >= 4 is 5.91 Å². The number of hydrogen-bond acceptors (Lipinski definition) is 3. The SMILES string of the molecule is NCC1(C(=O)NCCc2ccco2)CC1. The molecule has 0 spiro atoms. The van der Waals surface area contributed by atoms with Gasteiger partial charge in [-0.15, -0.1) is 0 Å². The van der Waals surface area contributed by atoms with Crippen molar-refractivity contribution in [1.29, 1.82) is 0 Å². The zero-order valence-electron chi connectivity index (χ0n) is 8.66. The van der Waals surface area contributed by atoms with Gasteiger partial charge in [0.25, 0.3) is 0 Å². The molecule has 1 amide bonds. The fourth-order valence-corrected chi connectivity index (χ4v) is 1.62. The first-order valence-corrected chi connectivity index (χ1v) is 5.28. The average Bonchev–Trinajstić information content (AvgIpc) is 2.90. The molecule has 0 bridgehead atoms. The highest BCUT2D eigenvalue weighted by molar-refractivity contribution is 5.85. The summed E-state index contributed by atoms with van der Waals surface area (Å²) in [5.74, 6) is 0.990. The molecule has 1 aliphatic carbocycles. The van der Waals surface area contributed by atoms with Crippen molar-refractivity contribution in [3.8, 4) is 0 Å². The molecular formula is C11H16N2O2. The van der Waals surface area contributed by atoms with E-state index in [-0.39, 0.29) is 11.3 Å². The van der Waals surface area contributed by atoms with Crippen molar-refractivity contribution in [2.24, 2.45) is 11.1 Å². The van der Waals surface area contributed by atoms with Gasteiger partial charge in [0.2, 0.25) is 5.91 Å². The van der Waals surface area contributed by atoms with E-state index >= 15 is 0 Å². The fraction of sp³-hybridized carbons (Fsp3) is 0.545. The van der Waals surface area contributed by atoms with Gasteiger partial charge in [-0.05, 0) is 25.0 Å². The Balaban J connectivity index is 1.72. The molecule has 1 fully saturated rings. The molecule has 0 unspecified atom stereocenters. The number of hydrogen-bond donors (Lipinski definition) is 2. The Hall–Kier alpha value is -1.29. The lowest BCUT2D eigenvalue weighted by molar-refractivity contribution is -0.125. The number of carbonyl (C=O) groups is 1. The first-order chi connectivity index (χ1) is 7.27. The van der Waals surface area contributed by atoms with Crippen LogP contribution in [0.15, 0.2) is 22.8 Å². The van der Waals surface area contributed by atoms with Crippen LogP contribution < -0.4 is 11.1 Å². The van der Waals surface area contributed by atoms with Crippen molar-refractivity contribution in [2.45, 2.75) is 19.3 Å². The lowest BCUT2D eigenvalue weighted by Gasteiger charge is -2.11. The normalized spacial score (nSPS) is 17.4. The quantitative estimate of drug-likeness (QED) is 0.747. The molecule has 0 saturated heterocycles. The second kappa shape index (κ2) is 4.06. The number of amides is 1. The highest BCUT2D eigenvalue weighted by Crippen LogP contribution is 2.44. The second-order valence-corrected chi connectivity index (χ2v) is 4.07. The lowest BCUT2D eigenvalue weighted by Crippen LogP contribution is -2.37. The maximum atomic E-state index is 11.7. The molecule has 4 nitrogen and oxygen atoms in total. The first kappa shape index (κ1) is 10.2. The van der Waals surface area contributed by atoms with Gasteiger partial charge in [-0.25, -0.2) is 0 Å². The summed E-state index contributed by atoms with van der Waals surface area (Å²) >= 11 is 0. The van der Waals surface area contributed by atoms with Crippen LogP contribution in [0, 0.1) is 5.41 Å². The Morgan fingerprint density at radius 1 is 1.60 bits per heavy atom. The standard InChI is InChI=1S/C11H16N2O2/c12-8-11(4-5-11)10(14)13-6-3-9-2-1-7-15-9/h1-2,7H,3-6,8,12H2,(H,13,14). The zero-order valence-corrected chi connectivity index (χ0v) is 8.66. The highest BCUT2D eigenvalue weighted by Gasteiger charge is 2.48. The van der Waals surface area contributed by atoms with Gasteiger partial charge in [-0.3, -0.25) is 4.79 Å². The van der Waals surface area contributed by atoms with Crippen LogP contribution in [0.3, 0.4) is 0 Å². The summed E-state index contributed by atoms with van der Waals surface area (Å²) in [5, 5.41) is 2.90. The lowest BCUT2D eigenvalue weighted by atomic mass is 10.1. The van der Waals surface area contributed by atoms with Crippen LogP contribution in [0.5, 0.6) is 0 Å². The van der Waals surface area contributed by atoms with E-state index in [1.807, 2.05) is 12.1 Å². The van der Waals surface area contributed by atoms with Crippen molar-refractivity contribution in [3.63, 3.8) is 0 Å². The molecule has 1 heterocycles. The van der Waals surface area contributed by atoms with Gasteiger partial charge in [-0.2, -0.15) is 0 Å². The second-order valence-electron chi connectivity index (χ2n) is 4.07. The minimum atomic E-state index is -0.247. The van der Waals surface area contributed by atoms with Crippen LogP contribution >= 0.6 is 0 Å². The molecule has 1 aliphatic rings. The Kier molecular flexibility index (Phi) is 2.77. The largest absolute Gasteiger partial charge is 0.469 e. The molecule has 15 heavy (non-hydrogen) atoms. The number of rotatable bonds is 5. The molecule has 4 heteroatoms. The van der Waals surface area contributed by atoms with E-state index in [0.717, 1.165) is 25.0 Å². The third-order valence-corrected chi connectivity index (χ3v) is 2.96. The third kappa shape index (κ3) is 2.21. The highest BCUT2D eigenvalue weighted by atomic mass is 16.3. The summed E-state index contributed by atoms with van der Waals surface area (Å²) in [5.41, 5.74) is 5.31. The van der Waals surface area contributed by atoms with Crippen LogP contribution in [-0.4, -0.2) is 19.0 Å². The first-order valence-electron chi connectivity index (χ1n) is 5.28. The van der Waals surface area contributed by atoms with E-state index in [2.05, 4.69) is 5.32 Å². The van der Waals surface area contributed by atoms with Gasteiger partial charge < -0.3 is 15.5 Å². The molecular weight excluding hydrogens is 192 g/mol. The number of nitrogens with one attached hydrogen (secondary N) is 1. The number of furan rings is 1. The predicted molar refractivity (Wildman–Crippen MR) is 56.1 cm³/mol. The summed E-state index contributed by atoms with van der Waals surface area (Å²) in [6.45, 7) is 1.08. The van der Waals surface area contributed by atoms with E-state index in [4.69, 9.17) is 10.2 Å². The average molecular weight is 208 g/mol. The Labute approximate surface area is 88.8 Å². The number of nitrogens with two attached hydrogens (primary N) is 1. The van der Waals surface area contributed by atoms with E-state index in [1.165, 1.54) is 0 Å². The molecule has 1 saturated carbocycles. The molecule has 1 aromatic rings. The molecule has 3 N–H and O–H groups in total. The summed E-state index contributed by atoms with van der Waals surface area (Å²) in [6.07, 6.45) is 4.23. The molecule has 1 aromatic heterocycles. The summed E-state index contributed by atoms with van der Waals surface area (Å²) in [7, 11) is 0. The van der Waals surface area contributed by atoms with Gasteiger partial charge in [0.15, 0.2) is 0 Å². The van der Waals surface area contributed by atoms with Crippen LogP contribution in [0.25, 0.3) is 0 Å². The fourth-order valence-electron chi connectivity index (χ4n) is 1.62. The predicted octanol–water partition coefficient (Wildman–Crippen LogP) is 0.677. The van der Waals surface area contributed by atoms with Crippen LogP contribution in [0.4, 0.5) is 0 Å². The molecule has 82 valence electrons. The minimum Gasteiger partial charge on any atom is -0.469 e. The van der Waals surface area contributed by atoms with Crippen molar-refractivity contribution in [3.05, 3.63) is 24.2 Å². The minimum absolute atomic E-state index is 0.0940. The molecule has 0 aliphatic heterocycles. The van der Waals surface area contributed by atoms with Crippen molar-refractivity contribution in [1.82, 2.24) is 5.32 Å². The van der Waals surface area contributed by atoms with Crippen LogP contribution in [0.2, 0.25) is 0 Å². The summed E-state index contributed by atoms with van der Waals surface area (Å²) in [4.78, 5) is 11.7. The maximum absolute atomic E-state index is 11.7. The van der Waals surface area contributed by atoms with E-state index in [0.29, 0.717) is 13.1 Å². The molecule has 2 rings (SSSR count). The Morgan fingerprint density at radius 3 is 2.93 bits per heavy atom. The van der Waals surface area contributed by atoms with Gasteiger partial charge in [0, 0.05) is 19.5 Å². The zero-order chi connectivity index (χ0) is 10.7. The third-order valence-electron chi connectivity index (χ3n) is 2.96. The van der Waals surface area contributed by atoms with E-state index in [1.54, 1.807) is 6.26 Å². The van der Waals surface area contributed by atoms with E-state index in [9.17, 15) is 4.79 Å². The summed E-state index contributed by atoms with van der Waals surface area (Å²) < 4.78 is 5.17. The van der Waals surface area contributed by atoms with Crippen molar-refractivity contribution < 1.29 is 9.21 Å². The topological polar surface area (TPSA) is 68.3 Å². The van der Waals surface area contributed by atoms with Gasteiger partial charge in [0.1, 0.15) is 5.76 Å². The molecule has 0 aromatic carbocycles. The van der Waals surface area contributed by atoms with Crippen molar-refractivity contribution in [2.75, 3.05) is 13.1 Å². The smallest absolute Gasteiger partial charge is 0.227 e. The Bertz CT molecular complexity index is 328. The summed E-state index contributed by atoms with van der Waals surface area (Å²) in [6, 6.07) is 3.75. The Morgan fingerprint density at radius 2 is 2.40 bits per heavy atom. The van der Waals surface area contributed by atoms with Crippen LogP contribution in [0.1, 0.15) is 18.6 Å².